The van der Waals surface area contributed by atoms with Crippen molar-refractivity contribution in [3.63, 3.8) is 0 Å². The molecule has 6 heteroatoms. The molecule has 2 aromatic heterocycles. The van der Waals surface area contributed by atoms with E-state index in [2.05, 4.69) is 20.0 Å². The topological polar surface area (TPSA) is 75.3 Å². The number of pyridine rings is 1. The first kappa shape index (κ1) is 13.6. The summed E-state index contributed by atoms with van der Waals surface area (Å²) in [7, 11) is 1.99. The summed E-state index contributed by atoms with van der Waals surface area (Å²) >= 11 is 0. The Morgan fingerprint density at radius 1 is 1.37 bits per heavy atom. The average Bonchev–Trinajstić information content (AvgIpc) is 2.88. The minimum absolute atomic E-state index is 0.236. The van der Waals surface area contributed by atoms with Crippen molar-refractivity contribution >= 4 is 0 Å². The van der Waals surface area contributed by atoms with Crippen molar-refractivity contribution in [3.05, 3.63) is 30.4 Å². The molecule has 0 radical (unpaired) electrons. The summed E-state index contributed by atoms with van der Waals surface area (Å²) in [5.41, 5.74) is 0.848. The Bertz CT molecular complexity index is 486. The third-order valence-corrected chi connectivity index (χ3v) is 2.74. The molecule has 0 fully saturated rings. The van der Waals surface area contributed by atoms with Gasteiger partial charge in [0.25, 0.3) is 0 Å². The molecule has 2 heterocycles. The van der Waals surface area contributed by atoms with Crippen LogP contribution in [0.2, 0.25) is 0 Å². The summed E-state index contributed by atoms with van der Waals surface area (Å²) in [6.07, 6.45) is 5.19. The van der Waals surface area contributed by atoms with E-state index in [1.54, 1.807) is 12.4 Å². The summed E-state index contributed by atoms with van der Waals surface area (Å²) in [5.74, 6) is 1.15. The van der Waals surface area contributed by atoms with E-state index < -0.39 is 0 Å². The standard InChI is InChI=1S/C13H18N4O2/c1-17(7-2-3-8-18)10-12-15-13(16-19-12)11-5-4-6-14-9-11/h4-6,9,18H,2-3,7-8,10H2,1H3. The number of rotatable bonds is 7. The van der Waals surface area contributed by atoms with Crippen molar-refractivity contribution in [1.82, 2.24) is 20.0 Å². The molecule has 0 aromatic carbocycles. The van der Waals surface area contributed by atoms with Crippen LogP contribution in [0.15, 0.2) is 29.0 Å². The number of aromatic nitrogens is 3. The van der Waals surface area contributed by atoms with Gasteiger partial charge in [0.2, 0.25) is 11.7 Å². The van der Waals surface area contributed by atoms with Crippen molar-refractivity contribution in [2.24, 2.45) is 0 Å². The monoisotopic (exact) mass is 262 g/mol. The Morgan fingerprint density at radius 2 is 2.26 bits per heavy atom. The molecule has 0 saturated carbocycles. The Balaban J connectivity index is 1.91. The van der Waals surface area contributed by atoms with E-state index in [9.17, 15) is 0 Å². The second-order valence-corrected chi connectivity index (χ2v) is 4.42. The Hall–Kier alpha value is -1.79. The molecule has 0 aliphatic carbocycles. The summed E-state index contributed by atoms with van der Waals surface area (Å²) in [5, 5.41) is 12.7. The minimum atomic E-state index is 0.236. The van der Waals surface area contributed by atoms with E-state index in [0.717, 1.165) is 24.9 Å². The third kappa shape index (κ3) is 4.11. The molecule has 19 heavy (non-hydrogen) atoms. The lowest BCUT2D eigenvalue weighted by Crippen LogP contribution is -2.19. The van der Waals surface area contributed by atoms with Gasteiger partial charge in [-0.15, -0.1) is 0 Å². The zero-order valence-corrected chi connectivity index (χ0v) is 11.0. The number of hydrogen-bond donors (Lipinski definition) is 1. The predicted molar refractivity (Wildman–Crippen MR) is 70.2 cm³/mol. The first-order valence-electron chi connectivity index (χ1n) is 6.32. The maximum atomic E-state index is 8.73. The van der Waals surface area contributed by atoms with Crippen LogP contribution < -0.4 is 0 Å². The van der Waals surface area contributed by atoms with Crippen LogP contribution in [0.5, 0.6) is 0 Å². The highest BCUT2D eigenvalue weighted by molar-refractivity contribution is 5.51. The van der Waals surface area contributed by atoms with Gasteiger partial charge in [-0.25, -0.2) is 0 Å². The molecular formula is C13H18N4O2. The minimum Gasteiger partial charge on any atom is -0.396 e. The highest BCUT2D eigenvalue weighted by Crippen LogP contribution is 2.14. The van der Waals surface area contributed by atoms with Gasteiger partial charge in [-0.1, -0.05) is 5.16 Å². The largest absolute Gasteiger partial charge is 0.396 e. The third-order valence-electron chi connectivity index (χ3n) is 2.74. The van der Waals surface area contributed by atoms with Crippen LogP contribution in [0.1, 0.15) is 18.7 Å². The Kier molecular flexibility index (Phi) is 5.00. The molecule has 6 nitrogen and oxygen atoms in total. The number of unbranched alkanes of at least 4 members (excludes halogenated alkanes) is 1. The van der Waals surface area contributed by atoms with Gasteiger partial charge >= 0.3 is 0 Å². The normalized spacial score (nSPS) is 11.1. The van der Waals surface area contributed by atoms with Crippen LogP contribution in [0.25, 0.3) is 11.4 Å². The molecule has 0 bridgehead atoms. The van der Waals surface area contributed by atoms with Crippen LogP contribution >= 0.6 is 0 Å². The molecule has 0 amide bonds. The van der Waals surface area contributed by atoms with E-state index in [0.29, 0.717) is 18.3 Å². The van der Waals surface area contributed by atoms with Gasteiger partial charge in [-0.2, -0.15) is 4.98 Å². The van der Waals surface area contributed by atoms with Crippen LogP contribution in [0.4, 0.5) is 0 Å². The molecule has 2 rings (SSSR count). The van der Waals surface area contributed by atoms with Crippen LogP contribution in [-0.2, 0) is 6.54 Å². The van der Waals surface area contributed by atoms with E-state index in [-0.39, 0.29) is 6.61 Å². The molecule has 0 saturated heterocycles. The number of nitrogens with zero attached hydrogens (tertiary/aromatic N) is 4. The lowest BCUT2D eigenvalue weighted by molar-refractivity contribution is 0.242. The summed E-state index contributed by atoms with van der Waals surface area (Å²) < 4.78 is 5.22. The number of aliphatic hydroxyl groups is 1. The molecule has 0 spiro atoms. The zero-order valence-electron chi connectivity index (χ0n) is 11.0. The van der Waals surface area contributed by atoms with Gasteiger partial charge in [0, 0.05) is 24.6 Å². The van der Waals surface area contributed by atoms with Crippen molar-refractivity contribution in [2.75, 3.05) is 20.2 Å². The molecule has 0 atom stereocenters. The highest BCUT2D eigenvalue weighted by atomic mass is 16.5. The molecule has 0 aliphatic rings. The highest BCUT2D eigenvalue weighted by Gasteiger charge is 2.10. The maximum absolute atomic E-state index is 8.73. The predicted octanol–water partition coefficient (Wildman–Crippen LogP) is 1.34. The van der Waals surface area contributed by atoms with Crippen LogP contribution in [-0.4, -0.2) is 45.3 Å². The van der Waals surface area contributed by atoms with Gasteiger partial charge in [-0.05, 0) is 38.6 Å². The average molecular weight is 262 g/mol. The molecular weight excluding hydrogens is 244 g/mol. The van der Waals surface area contributed by atoms with E-state index in [4.69, 9.17) is 9.63 Å². The second kappa shape index (κ2) is 6.96. The van der Waals surface area contributed by atoms with Gasteiger partial charge in [-0.3, -0.25) is 9.88 Å². The Labute approximate surface area is 112 Å². The van der Waals surface area contributed by atoms with Crippen LogP contribution in [0.3, 0.4) is 0 Å². The lowest BCUT2D eigenvalue weighted by atomic mass is 10.3. The van der Waals surface area contributed by atoms with Crippen LogP contribution in [0, 0.1) is 0 Å². The smallest absolute Gasteiger partial charge is 0.241 e. The van der Waals surface area contributed by atoms with Crippen molar-refractivity contribution in [2.45, 2.75) is 19.4 Å². The quantitative estimate of drug-likeness (QED) is 0.759. The van der Waals surface area contributed by atoms with E-state index in [1.807, 2.05) is 19.2 Å². The Morgan fingerprint density at radius 3 is 3.00 bits per heavy atom. The van der Waals surface area contributed by atoms with E-state index >= 15 is 0 Å². The maximum Gasteiger partial charge on any atom is 0.241 e. The molecule has 1 N–H and O–H groups in total. The fraction of sp³-hybridized carbons (Fsp3) is 0.462. The fourth-order valence-electron chi connectivity index (χ4n) is 1.73. The van der Waals surface area contributed by atoms with Gasteiger partial charge < -0.3 is 9.63 Å². The number of aliphatic hydroxyl groups excluding tert-OH is 1. The zero-order chi connectivity index (χ0) is 13.5. The first-order valence-corrected chi connectivity index (χ1v) is 6.32. The molecule has 2 aromatic rings. The fourth-order valence-corrected chi connectivity index (χ4v) is 1.73. The van der Waals surface area contributed by atoms with Gasteiger partial charge in [0.15, 0.2) is 0 Å². The molecule has 102 valence electrons. The summed E-state index contributed by atoms with van der Waals surface area (Å²) in [4.78, 5) is 10.5. The van der Waals surface area contributed by atoms with Crippen molar-refractivity contribution in [1.29, 1.82) is 0 Å². The molecule has 0 aliphatic heterocycles. The SMILES string of the molecule is CN(CCCCO)Cc1nc(-c2cccnc2)no1. The molecule has 0 unspecified atom stereocenters. The van der Waals surface area contributed by atoms with E-state index in [1.165, 1.54) is 0 Å². The summed E-state index contributed by atoms with van der Waals surface area (Å²) in [6, 6.07) is 3.74. The van der Waals surface area contributed by atoms with Gasteiger partial charge in [0.1, 0.15) is 0 Å². The first-order chi connectivity index (χ1) is 9.29. The number of hydrogen-bond acceptors (Lipinski definition) is 6. The lowest BCUT2D eigenvalue weighted by Gasteiger charge is -2.12. The van der Waals surface area contributed by atoms with Crippen molar-refractivity contribution < 1.29 is 9.63 Å². The second-order valence-electron chi connectivity index (χ2n) is 4.42. The summed E-state index contributed by atoms with van der Waals surface area (Å²) in [6.45, 7) is 1.74. The van der Waals surface area contributed by atoms with Crippen molar-refractivity contribution in [3.8, 4) is 11.4 Å². The van der Waals surface area contributed by atoms with Gasteiger partial charge in [0.05, 0.1) is 6.54 Å².